The molecule has 2 rings (SSSR count). The zero-order valence-electron chi connectivity index (χ0n) is 16.7. The van der Waals surface area contributed by atoms with E-state index in [1.165, 1.54) is 6.92 Å². The van der Waals surface area contributed by atoms with Crippen molar-refractivity contribution in [2.24, 2.45) is 0 Å². The van der Waals surface area contributed by atoms with Gasteiger partial charge in [-0.3, -0.25) is 27.9 Å². The first-order valence-electron chi connectivity index (χ1n) is 8.37. The van der Waals surface area contributed by atoms with Crippen molar-refractivity contribution < 1.29 is 55.9 Å². The predicted octanol–water partition coefficient (Wildman–Crippen LogP) is -0.0860. The maximum Gasteiger partial charge on any atom is 0.492 e. The van der Waals surface area contributed by atoms with Crippen LogP contribution in [0.3, 0.4) is 0 Å². The Balaban J connectivity index is 2.14. The summed E-state index contributed by atoms with van der Waals surface area (Å²) in [5.41, 5.74) is -3.50. The Morgan fingerprint density at radius 3 is 2.28 bits per heavy atom. The van der Waals surface area contributed by atoms with E-state index in [0.717, 1.165) is 35.7 Å². The molecule has 1 saturated heterocycles. The van der Waals surface area contributed by atoms with Gasteiger partial charge in [0.2, 0.25) is 0 Å². The number of aromatic nitrogens is 2. The molecule has 1 aliphatic heterocycles. The van der Waals surface area contributed by atoms with Gasteiger partial charge in [-0.25, -0.2) is 18.5 Å². The van der Waals surface area contributed by atoms with Crippen LogP contribution in [0.1, 0.15) is 12.3 Å². The molecule has 1 aromatic rings. The second-order valence-electron chi connectivity index (χ2n) is 6.42. The SMILES string of the molecule is COP(=O)(O)OP(=O)(OC)OP(=O)(O)OCC1SC(n2ccc(=O)[nH]c2=O)C(C)(O)C1O. The topological polar surface area (TPSA) is 233 Å². The number of nitrogens with one attached hydrogen (secondary N) is 1. The zero-order valence-corrected chi connectivity index (χ0v) is 20.2. The monoisotopic (exact) mass is 542 g/mol. The van der Waals surface area contributed by atoms with E-state index < -0.39 is 63.7 Å². The van der Waals surface area contributed by atoms with Crippen molar-refractivity contribution in [3.63, 3.8) is 0 Å². The lowest BCUT2D eigenvalue weighted by atomic mass is 9.96. The number of thioether (sulfide) groups is 1. The van der Waals surface area contributed by atoms with E-state index in [2.05, 4.69) is 22.2 Å². The molecule has 0 bridgehead atoms. The van der Waals surface area contributed by atoms with Gasteiger partial charge in [0.15, 0.2) is 0 Å². The Labute approximate surface area is 184 Å². The Kier molecular flexibility index (Phi) is 8.56. The van der Waals surface area contributed by atoms with Crippen LogP contribution in [0.5, 0.6) is 0 Å². The van der Waals surface area contributed by atoms with Crippen molar-refractivity contribution in [1.82, 2.24) is 9.55 Å². The number of aliphatic hydroxyl groups excluding tert-OH is 1. The van der Waals surface area contributed by atoms with Gasteiger partial charge in [-0.05, 0) is 6.92 Å². The third kappa shape index (κ3) is 6.48. The van der Waals surface area contributed by atoms with Gasteiger partial charge >= 0.3 is 29.2 Å². The van der Waals surface area contributed by atoms with Crippen molar-refractivity contribution in [3.05, 3.63) is 33.1 Å². The van der Waals surface area contributed by atoms with Gasteiger partial charge in [0, 0.05) is 26.5 Å². The first-order chi connectivity index (χ1) is 14.6. The Morgan fingerprint density at radius 2 is 1.75 bits per heavy atom. The van der Waals surface area contributed by atoms with Crippen molar-refractivity contribution in [1.29, 1.82) is 0 Å². The molecule has 0 aliphatic carbocycles. The summed E-state index contributed by atoms with van der Waals surface area (Å²) < 4.78 is 58.0. The van der Waals surface area contributed by atoms with Gasteiger partial charge in [-0.15, -0.1) is 11.8 Å². The smallest absolute Gasteiger partial charge is 0.389 e. The molecule has 7 unspecified atom stereocenters. The molecule has 0 spiro atoms. The maximum atomic E-state index is 12.2. The zero-order chi connectivity index (χ0) is 24.5. The van der Waals surface area contributed by atoms with Crippen molar-refractivity contribution in [3.8, 4) is 0 Å². The van der Waals surface area contributed by atoms with Crippen LogP contribution >= 0.6 is 35.2 Å². The Hall–Kier alpha value is -0.640. The van der Waals surface area contributed by atoms with E-state index in [9.17, 15) is 43.3 Å². The first-order valence-corrected chi connectivity index (χ1v) is 13.8. The van der Waals surface area contributed by atoms with Crippen LogP contribution in [-0.2, 0) is 35.9 Å². The third-order valence-electron chi connectivity index (χ3n) is 4.12. The number of H-pyrrole nitrogens is 1. The highest BCUT2D eigenvalue weighted by Gasteiger charge is 2.53. The van der Waals surface area contributed by atoms with Crippen molar-refractivity contribution in [2.75, 3.05) is 20.8 Å². The van der Waals surface area contributed by atoms with E-state index >= 15 is 0 Å². The van der Waals surface area contributed by atoms with Crippen LogP contribution in [0.15, 0.2) is 21.9 Å². The molecule has 184 valence electrons. The van der Waals surface area contributed by atoms with Crippen LogP contribution in [0.4, 0.5) is 0 Å². The van der Waals surface area contributed by atoms with Gasteiger partial charge in [-0.1, -0.05) is 0 Å². The minimum Gasteiger partial charge on any atom is -0.389 e. The highest BCUT2D eigenvalue weighted by molar-refractivity contribution is 8.00. The molecule has 16 nitrogen and oxygen atoms in total. The van der Waals surface area contributed by atoms with Gasteiger partial charge in [0.25, 0.3) is 5.56 Å². The van der Waals surface area contributed by atoms with E-state index in [4.69, 9.17) is 0 Å². The second-order valence-corrected chi connectivity index (χ2v) is 12.8. The number of hydrogen-bond acceptors (Lipinski definition) is 13. The largest absolute Gasteiger partial charge is 0.492 e. The van der Waals surface area contributed by atoms with Crippen molar-refractivity contribution in [2.45, 2.75) is 29.3 Å². The van der Waals surface area contributed by atoms with E-state index in [1.54, 1.807) is 0 Å². The predicted molar refractivity (Wildman–Crippen MR) is 108 cm³/mol. The number of nitrogens with zero attached hydrogens (tertiary/aromatic N) is 1. The summed E-state index contributed by atoms with van der Waals surface area (Å²) >= 11 is 0.769. The normalized spacial score (nSPS) is 31.5. The molecule has 32 heavy (non-hydrogen) atoms. The minimum absolute atomic E-state index is 0.682. The fourth-order valence-corrected chi connectivity index (χ4v) is 8.01. The average molecular weight is 542 g/mol. The third-order valence-corrected chi connectivity index (χ3v) is 10.5. The van der Waals surface area contributed by atoms with Crippen LogP contribution in [0, 0.1) is 0 Å². The minimum atomic E-state index is -5.28. The molecular weight excluding hydrogens is 521 g/mol. The number of phosphoric ester groups is 2. The fraction of sp³-hybridized carbons (Fsp3) is 0.667. The Bertz CT molecular complexity index is 1090. The lowest BCUT2D eigenvalue weighted by Gasteiger charge is -2.28. The van der Waals surface area contributed by atoms with Crippen LogP contribution < -0.4 is 11.2 Å². The molecule has 0 radical (unpaired) electrons. The summed E-state index contributed by atoms with van der Waals surface area (Å²) in [6.07, 6.45) is -0.508. The number of rotatable bonds is 10. The fourth-order valence-electron chi connectivity index (χ4n) is 2.55. The molecule has 7 atom stereocenters. The van der Waals surface area contributed by atoms with E-state index in [-0.39, 0.29) is 0 Å². The molecule has 0 saturated carbocycles. The summed E-state index contributed by atoms with van der Waals surface area (Å²) in [5.74, 6) is 0. The summed E-state index contributed by atoms with van der Waals surface area (Å²) in [7, 11) is -13.9. The van der Waals surface area contributed by atoms with Crippen molar-refractivity contribution >= 4 is 35.2 Å². The van der Waals surface area contributed by atoms with Gasteiger partial charge in [0.1, 0.15) is 11.0 Å². The summed E-state index contributed by atoms with van der Waals surface area (Å²) in [6.45, 7) is 0.410. The van der Waals surface area contributed by atoms with Gasteiger partial charge in [-0.2, -0.15) is 8.62 Å². The van der Waals surface area contributed by atoms with E-state index in [0.29, 0.717) is 7.11 Å². The highest BCUT2D eigenvalue weighted by Crippen LogP contribution is 2.70. The first kappa shape index (κ1) is 27.6. The molecule has 0 aromatic carbocycles. The lowest BCUT2D eigenvalue weighted by Crippen LogP contribution is -2.46. The van der Waals surface area contributed by atoms with Gasteiger partial charge < -0.3 is 20.0 Å². The molecule has 20 heteroatoms. The molecule has 5 N–H and O–H groups in total. The molecular formula is C12H21N2O14P3S. The number of aliphatic hydroxyl groups is 2. The summed E-state index contributed by atoms with van der Waals surface area (Å²) in [4.78, 5) is 44.3. The lowest BCUT2D eigenvalue weighted by molar-refractivity contribution is -0.0682. The standard InChI is InChI=1S/C12H21N2O14P3S/c1-12(18)9(16)7(32-10(12)14-5-4-8(15)13-11(14)17)6-26-30(21,22)28-31(23,25-3)27-29(19,20)24-2/h4-5,7,9-10,16,18H,6H2,1-3H3,(H,19,20)(H,21,22)(H,13,15,17). The molecule has 1 aromatic heterocycles. The van der Waals surface area contributed by atoms with Crippen LogP contribution in [0.2, 0.25) is 0 Å². The Morgan fingerprint density at radius 1 is 1.16 bits per heavy atom. The second kappa shape index (κ2) is 9.92. The molecule has 1 fully saturated rings. The number of hydrogen-bond donors (Lipinski definition) is 5. The number of aromatic amines is 1. The molecule has 0 amide bonds. The maximum absolute atomic E-state index is 12.2. The highest BCUT2D eigenvalue weighted by atomic mass is 32.2. The van der Waals surface area contributed by atoms with E-state index in [1.807, 2.05) is 4.98 Å². The summed E-state index contributed by atoms with van der Waals surface area (Å²) in [6, 6.07) is 1.02. The van der Waals surface area contributed by atoms with Crippen LogP contribution in [0.25, 0.3) is 0 Å². The number of phosphoric acid groups is 3. The quantitative estimate of drug-likeness (QED) is 0.243. The average Bonchev–Trinajstić information content (AvgIpc) is 2.89. The van der Waals surface area contributed by atoms with Gasteiger partial charge in [0.05, 0.1) is 18.0 Å². The summed E-state index contributed by atoms with van der Waals surface area (Å²) in [5, 5.41) is 18.8. The molecule has 2 heterocycles. The molecule has 1 aliphatic rings. The van der Waals surface area contributed by atoms with Crippen LogP contribution in [-0.4, -0.2) is 67.3 Å².